The van der Waals surface area contributed by atoms with Crippen LogP contribution in [0.2, 0.25) is 0 Å². The van der Waals surface area contributed by atoms with Crippen LogP contribution in [0.5, 0.6) is 0 Å². The maximum atomic E-state index is 12.6. The number of carbonyl (C=O) groups excluding carboxylic acids is 1. The Hall–Kier alpha value is -1.98. The SMILES string of the molecule is CC(O)(C(=O)Nc1ccc(S(=O)(=O)c2cncs2)cc1)C(F)(F)F. The second-order valence-electron chi connectivity index (χ2n) is 4.87. The average Bonchev–Trinajstić information content (AvgIpc) is 3.01. The van der Waals surface area contributed by atoms with E-state index in [0.717, 1.165) is 35.6 Å². The number of amides is 1. The maximum absolute atomic E-state index is 12.6. The fourth-order valence-corrected chi connectivity index (χ4v) is 3.75. The average molecular weight is 380 g/mol. The summed E-state index contributed by atoms with van der Waals surface area (Å²) in [5.41, 5.74) is -2.31. The van der Waals surface area contributed by atoms with Crippen molar-refractivity contribution in [2.24, 2.45) is 0 Å². The first-order valence-electron chi connectivity index (χ1n) is 6.30. The number of alkyl halides is 3. The lowest BCUT2D eigenvalue weighted by atomic mass is 10.1. The molecule has 1 unspecified atom stereocenters. The molecule has 11 heteroatoms. The molecule has 0 aliphatic heterocycles. The predicted octanol–water partition coefficient (Wildman–Crippen LogP) is 2.23. The Balaban J connectivity index is 2.21. The molecule has 0 radical (unpaired) electrons. The zero-order valence-corrected chi connectivity index (χ0v) is 13.7. The molecule has 0 saturated heterocycles. The second kappa shape index (κ2) is 6.15. The topological polar surface area (TPSA) is 96.4 Å². The number of halogens is 3. The van der Waals surface area contributed by atoms with Crippen molar-refractivity contribution < 1.29 is 31.5 Å². The third-order valence-electron chi connectivity index (χ3n) is 3.09. The van der Waals surface area contributed by atoms with E-state index < -0.39 is 27.5 Å². The highest BCUT2D eigenvalue weighted by atomic mass is 32.2. The summed E-state index contributed by atoms with van der Waals surface area (Å²) >= 11 is 0.919. The number of thiazole rings is 1. The van der Waals surface area contributed by atoms with Gasteiger partial charge in [0.2, 0.25) is 15.4 Å². The number of rotatable bonds is 4. The van der Waals surface area contributed by atoms with Crippen LogP contribution in [0.25, 0.3) is 0 Å². The van der Waals surface area contributed by atoms with E-state index in [2.05, 4.69) is 4.98 Å². The first-order chi connectivity index (χ1) is 11.0. The van der Waals surface area contributed by atoms with Crippen LogP contribution in [0.1, 0.15) is 6.92 Å². The zero-order chi connectivity index (χ0) is 18.2. The highest BCUT2D eigenvalue weighted by molar-refractivity contribution is 7.93. The zero-order valence-electron chi connectivity index (χ0n) is 12.0. The van der Waals surface area contributed by atoms with Gasteiger partial charge in [-0.3, -0.25) is 9.78 Å². The number of aromatic nitrogens is 1. The summed E-state index contributed by atoms with van der Waals surface area (Å²) in [5.74, 6) is -1.67. The Bertz CT molecular complexity index is 829. The molecule has 0 aliphatic rings. The Morgan fingerprint density at radius 2 is 1.83 bits per heavy atom. The molecule has 1 aromatic carbocycles. The van der Waals surface area contributed by atoms with Crippen molar-refractivity contribution in [2.75, 3.05) is 5.32 Å². The Morgan fingerprint density at radius 1 is 1.25 bits per heavy atom. The van der Waals surface area contributed by atoms with E-state index in [9.17, 15) is 31.5 Å². The summed E-state index contributed by atoms with van der Waals surface area (Å²) in [5, 5.41) is 11.1. The molecule has 24 heavy (non-hydrogen) atoms. The first kappa shape index (κ1) is 18.4. The molecule has 0 saturated carbocycles. The normalized spacial score (nSPS) is 14.9. The van der Waals surface area contributed by atoms with Crippen molar-refractivity contribution >= 4 is 32.8 Å². The number of sulfone groups is 1. The van der Waals surface area contributed by atoms with E-state index in [1.54, 1.807) is 0 Å². The van der Waals surface area contributed by atoms with Crippen molar-refractivity contribution in [1.29, 1.82) is 0 Å². The quantitative estimate of drug-likeness (QED) is 0.848. The predicted molar refractivity (Wildman–Crippen MR) is 79.3 cm³/mol. The highest BCUT2D eigenvalue weighted by Crippen LogP contribution is 2.31. The summed E-state index contributed by atoms with van der Waals surface area (Å²) in [7, 11) is -3.78. The Morgan fingerprint density at radius 3 is 2.29 bits per heavy atom. The van der Waals surface area contributed by atoms with Crippen molar-refractivity contribution in [3.63, 3.8) is 0 Å². The van der Waals surface area contributed by atoms with Gasteiger partial charge in [-0.05, 0) is 31.2 Å². The van der Waals surface area contributed by atoms with Crippen LogP contribution in [0.15, 0.2) is 45.1 Å². The fourth-order valence-electron chi connectivity index (χ4n) is 1.55. The van der Waals surface area contributed by atoms with Gasteiger partial charge in [0, 0.05) is 5.69 Å². The molecule has 0 bridgehead atoms. The molecule has 1 heterocycles. The van der Waals surface area contributed by atoms with E-state index in [4.69, 9.17) is 0 Å². The molecule has 6 nitrogen and oxygen atoms in total. The molecule has 2 aromatic rings. The van der Waals surface area contributed by atoms with Gasteiger partial charge in [0.15, 0.2) is 0 Å². The van der Waals surface area contributed by atoms with E-state index in [-0.39, 0.29) is 14.8 Å². The largest absolute Gasteiger partial charge is 0.426 e. The van der Waals surface area contributed by atoms with Crippen LogP contribution in [0.4, 0.5) is 18.9 Å². The molecule has 1 aromatic heterocycles. The summed E-state index contributed by atoms with van der Waals surface area (Å²) in [6.45, 7) is 0.324. The highest BCUT2D eigenvalue weighted by Gasteiger charge is 2.55. The van der Waals surface area contributed by atoms with Gasteiger partial charge in [-0.2, -0.15) is 13.2 Å². The van der Waals surface area contributed by atoms with Gasteiger partial charge in [0.25, 0.3) is 5.91 Å². The van der Waals surface area contributed by atoms with Gasteiger partial charge < -0.3 is 10.4 Å². The van der Waals surface area contributed by atoms with Gasteiger partial charge in [0.05, 0.1) is 16.6 Å². The lowest BCUT2D eigenvalue weighted by Crippen LogP contribution is -2.52. The van der Waals surface area contributed by atoms with E-state index >= 15 is 0 Å². The van der Waals surface area contributed by atoms with Crippen LogP contribution in [-0.4, -0.2) is 36.2 Å². The van der Waals surface area contributed by atoms with Crippen LogP contribution in [0, 0.1) is 0 Å². The number of hydrogen-bond donors (Lipinski definition) is 2. The molecule has 0 fully saturated rings. The minimum atomic E-state index is -5.15. The van der Waals surface area contributed by atoms with Gasteiger partial charge >= 0.3 is 6.18 Å². The van der Waals surface area contributed by atoms with E-state index in [0.29, 0.717) is 6.92 Å². The number of carbonyl (C=O) groups is 1. The standard InChI is InChI=1S/C13H11F3N2O4S2/c1-12(20,13(14,15)16)11(19)18-8-2-4-9(5-3-8)24(21,22)10-6-17-7-23-10/h2-7,20H,1H3,(H,18,19). The minimum Gasteiger partial charge on any atom is -0.373 e. The summed E-state index contributed by atoms with van der Waals surface area (Å²) in [6.07, 6.45) is -3.97. The van der Waals surface area contributed by atoms with E-state index in [1.807, 2.05) is 5.32 Å². The Labute approximate surface area is 138 Å². The summed E-state index contributed by atoms with van der Waals surface area (Å²) in [4.78, 5) is 15.1. The number of benzene rings is 1. The third kappa shape index (κ3) is 3.42. The van der Waals surface area contributed by atoms with Crippen molar-refractivity contribution in [3.05, 3.63) is 36.0 Å². The number of hydrogen-bond acceptors (Lipinski definition) is 6. The lowest BCUT2D eigenvalue weighted by molar-refractivity contribution is -0.242. The number of nitrogens with zero attached hydrogens (tertiary/aromatic N) is 1. The molecule has 0 aliphatic carbocycles. The molecule has 2 N–H and O–H groups in total. The molecule has 0 spiro atoms. The number of anilines is 1. The molecule has 2 rings (SSSR count). The van der Waals surface area contributed by atoms with Crippen LogP contribution in [0.3, 0.4) is 0 Å². The van der Waals surface area contributed by atoms with Crippen LogP contribution in [-0.2, 0) is 14.6 Å². The van der Waals surface area contributed by atoms with E-state index in [1.165, 1.54) is 11.7 Å². The lowest BCUT2D eigenvalue weighted by Gasteiger charge is -2.24. The van der Waals surface area contributed by atoms with Crippen LogP contribution < -0.4 is 5.32 Å². The van der Waals surface area contributed by atoms with Gasteiger partial charge in [-0.1, -0.05) is 0 Å². The molecular weight excluding hydrogens is 369 g/mol. The van der Waals surface area contributed by atoms with Crippen LogP contribution >= 0.6 is 11.3 Å². The smallest absolute Gasteiger partial charge is 0.373 e. The second-order valence-corrected chi connectivity index (χ2v) is 7.94. The first-order valence-corrected chi connectivity index (χ1v) is 8.67. The monoisotopic (exact) mass is 380 g/mol. The summed E-state index contributed by atoms with van der Waals surface area (Å²) < 4.78 is 62.1. The van der Waals surface area contributed by atoms with Gasteiger partial charge in [-0.25, -0.2) is 8.42 Å². The third-order valence-corrected chi connectivity index (χ3v) is 6.13. The minimum absolute atomic E-state index is 0.0132. The fraction of sp³-hybridized carbons (Fsp3) is 0.231. The summed E-state index contributed by atoms with van der Waals surface area (Å²) in [6, 6.07) is 4.51. The van der Waals surface area contributed by atoms with Gasteiger partial charge in [0.1, 0.15) is 4.21 Å². The molecular formula is C13H11F3N2O4S2. The van der Waals surface area contributed by atoms with Gasteiger partial charge in [-0.15, -0.1) is 11.3 Å². The number of aliphatic hydroxyl groups is 1. The molecule has 1 atom stereocenters. The van der Waals surface area contributed by atoms with Crippen molar-refractivity contribution in [3.8, 4) is 0 Å². The van der Waals surface area contributed by atoms with Crippen molar-refractivity contribution in [2.45, 2.75) is 27.8 Å². The molecule has 130 valence electrons. The van der Waals surface area contributed by atoms with Crippen molar-refractivity contribution in [1.82, 2.24) is 4.98 Å². The number of nitrogens with one attached hydrogen (secondary N) is 1. The maximum Gasteiger partial charge on any atom is 0.426 e. The Kier molecular flexibility index (Phi) is 4.70. The molecule has 1 amide bonds.